The van der Waals surface area contributed by atoms with Gasteiger partial charge in [-0.1, -0.05) is 25.0 Å². The summed E-state index contributed by atoms with van der Waals surface area (Å²) >= 11 is 0. The summed E-state index contributed by atoms with van der Waals surface area (Å²) in [7, 11) is 0. The lowest BCUT2D eigenvalue weighted by Gasteiger charge is -2.30. The first-order chi connectivity index (χ1) is 8.18. The van der Waals surface area contributed by atoms with E-state index in [2.05, 4.69) is 5.32 Å². The molecule has 0 spiro atoms. The largest absolute Gasteiger partial charge is 0.506 e. The molecule has 1 aromatic rings. The third-order valence-corrected chi connectivity index (χ3v) is 3.33. The number of phenols is 1. The van der Waals surface area contributed by atoms with Crippen molar-refractivity contribution in [1.29, 1.82) is 0 Å². The van der Waals surface area contributed by atoms with Crippen molar-refractivity contribution in [2.24, 2.45) is 5.92 Å². The molecule has 2 unspecified atom stereocenters. The van der Waals surface area contributed by atoms with E-state index in [0.717, 1.165) is 19.3 Å². The van der Waals surface area contributed by atoms with Crippen molar-refractivity contribution in [3.8, 4) is 5.75 Å². The number of nitrogens with one attached hydrogen (secondary N) is 1. The van der Waals surface area contributed by atoms with E-state index in [1.54, 1.807) is 18.2 Å². The highest BCUT2D eigenvalue weighted by Gasteiger charge is 2.30. The topological polar surface area (TPSA) is 69.6 Å². The van der Waals surface area contributed by atoms with Crippen LogP contribution >= 0.6 is 0 Å². The number of benzene rings is 1. The Bertz CT molecular complexity index is 405. The number of carboxylic acid groups (broad SMARTS) is 1. The van der Waals surface area contributed by atoms with E-state index in [1.165, 1.54) is 0 Å². The van der Waals surface area contributed by atoms with Gasteiger partial charge in [0.05, 0.1) is 11.6 Å². The molecule has 2 rings (SSSR count). The molecule has 1 aliphatic carbocycles. The first-order valence-electron chi connectivity index (χ1n) is 5.96. The number of rotatable bonds is 3. The molecule has 1 aromatic carbocycles. The highest BCUT2D eigenvalue weighted by atomic mass is 16.4. The van der Waals surface area contributed by atoms with Crippen LogP contribution in [0.5, 0.6) is 5.75 Å². The summed E-state index contributed by atoms with van der Waals surface area (Å²) in [5, 5.41) is 22.0. The molecule has 3 N–H and O–H groups in total. The van der Waals surface area contributed by atoms with Crippen LogP contribution in [0.4, 0.5) is 5.69 Å². The Labute approximate surface area is 100 Å². The Morgan fingerprint density at radius 3 is 2.65 bits per heavy atom. The van der Waals surface area contributed by atoms with Crippen molar-refractivity contribution < 1.29 is 15.0 Å². The number of para-hydroxylation sites is 2. The number of hydrogen-bond donors (Lipinski definition) is 3. The fourth-order valence-electron chi connectivity index (χ4n) is 2.39. The van der Waals surface area contributed by atoms with Gasteiger partial charge in [-0.05, 0) is 25.0 Å². The van der Waals surface area contributed by atoms with Gasteiger partial charge in [0, 0.05) is 6.04 Å². The zero-order valence-corrected chi connectivity index (χ0v) is 9.60. The van der Waals surface area contributed by atoms with E-state index in [9.17, 15) is 9.90 Å². The number of aliphatic carboxylic acids is 1. The van der Waals surface area contributed by atoms with Crippen LogP contribution in [0, 0.1) is 5.92 Å². The third-order valence-electron chi connectivity index (χ3n) is 3.33. The smallest absolute Gasteiger partial charge is 0.308 e. The second-order valence-electron chi connectivity index (χ2n) is 4.50. The lowest BCUT2D eigenvalue weighted by molar-refractivity contribution is -0.143. The van der Waals surface area contributed by atoms with Gasteiger partial charge in [0.25, 0.3) is 0 Å². The van der Waals surface area contributed by atoms with Crippen LogP contribution in [-0.4, -0.2) is 22.2 Å². The van der Waals surface area contributed by atoms with Crippen molar-refractivity contribution in [1.82, 2.24) is 0 Å². The zero-order valence-electron chi connectivity index (χ0n) is 9.60. The molecule has 1 saturated carbocycles. The molecular formula is C13H17NO3. The first-order valence-corrected chi connectivity index (χ1v) is 5.96. The first kappa shape index (κ1) is 11.8. The summed E-state index contributed by atoms with van der Waals surface area (Å²) in [6.45, 7) is 0. The Morgan fingerprint density at radius 1 is 1.24 bits per heavy atom. The molecule has 2 atom stereocenters. The molecule has 0 aliphatic heterocycles. The Morgan fingerprint density at radius 2 is 1.94 bits per heavy atom. The Balaban J connectivity index is 2.11. The van der Waals surface area contributed by atoms with Gasteiger partial charge >= 0.3 is 5.97 Å². The van der Waals surface area contributed by atoms with Crippen LogP contribution in [0.15, 0.2) is 24.3 Å². The van der Waals surface area contributed by atoms with Gasteiger partial charge < -0.3 is 15.5 Å². The normalized spacial score (nSPS) is 24.2. The monoisotopic (exact) mass is 235 g/mol. The third kappa shape index (κ3) is 2.70. The van der Waals surface area contributed by atoms with Crippen molar-refractivity contribution in [3.05, 3.63) is 24.3 Å². The SMILES string of the molecule is O=C(O)C1CCCCC1Nc1ccccc1O. The van der Waals surface area contributed by atoms with Gasteiger partial charge in [0.2, 0.25) is 0 Å². The van der Waals surface area contributed by atoms with Gasteiger partial charge in [-0.2, -0.15) is 0 Å². The van der Waals surface area contributed by atoms with Crippen LogP contribution in [0.2, 0.25) is 0 Å². The minimum Gasteiger partial charge on any atom is -0.506 e. The van der Waals surface area contributed by atoms with Crippen molar-refractivity contribution >= 4 is 11.7 Å². The van der Waals surface area contributed by atoms with Crippen LogP contribution in [0.1, 0.15) is 25.7 Å². The second-order valence-corrected chi connectivity index (χ2v) is 4.50. The lowest BCUT2D eigenvalue weighted by Crippen LogP contribution is -2.37. The van der Waals surface area contributed by atoms with Crippen molar-refractivity contribution in [2.75, 3.05) is 5.32 Å². The molecule has 4 heteroatoms. The minimum absolute atomic E-state index is 0.0884. The van der Waals surface area contributed by atoms with Gasteiger partial charge in [-0.25, -0.2) is 0 Å². The molecule has 1 aliphatic rings. The summed E-state index contributed by atoms with van der Waals surface area (Å²) in [5.41, 5.74) is 0.616. The zero-order chi connectivity index (χ0) is 12.3. The van der Waals surface area contributed by atoms with Gasteiger partial charge in [-0.15, -0.1) is 0 Å². The maximum atomic E-state index is 11.1. The number of carbonyl (C=O) groups is 1. The molecule has 0 bridgehead atoms. The van der Waals surface area contributed by atoms with Gasteiger partial charge in [0.15, 0.2) is 0 Å². The van der Waals surface area contributed by atoms with Gasteiger partial charge in [-0.3, -0.25) is 4.79 Å². The maximum absolute atomic E-state index is 11.1. The molecule has 0 amide bonds. The van der Waals surface area contributed by atoms with E-state index >= 15 is 0 Å². The second kappa shape index (κ2) is 5.08. The van der Waals surface area contributed by atoms with Crippen molar-refractivity contribution in [2.45, 2.75) is 31.7 Å². The van der Waals surface area contributed by atoms with E-state index in [-0.39, 0.29) is 17.7 Å². The highest BCUT2D eigenvalue weighted by Crippen LogP contribution is 2.30. The fourth-order valence-corrected chi connectivity index (χ4v) is 2.39. The molecule has 0 aromatic heterocycles. The summed E-state index contributed by atoms with van der Waals surface area (Å²) in [4.78, 5) is 11.1. The van der Waals surface area contributed by atoms with Gasteiger partial charge in [0.1, 0.15) is 5.75 Å². The number of carboxylic acids is 1. The molecule has 0 radical (unpaired) electrons. The van der Waals surface area contributed by atoms with Crippen LogP contribution in [0.3, 0.4) is 0 Å². The predicted octanol–water partition coefficient (Wildman–Crippen LogP) is 2.45. The summed E-state index contributed by atoms with van der Waals surface area (Å²) in [6, 6.07) is 6.84. The number of aromatic hydroxyl groups is 1. The highest BCUT2D eigenvalue weighted by molar-refractivity contribution is 5.72. The molecule has 17 heavy (non-hydrogen) atoms. The quantitative estimate of drug-likeness (QED) is 0.704. The molecule has 0 saturated heterocycles. The molecular weight excluding hydrogens is 218 g/mol. The average molecular weight is 235 g/mol. The van der Waals surface area contributed by atoms with E-state index in [4.69, 9.17) is 5.11 Å². The minimum atomic E-state index is -0.752. The number of phenolic OH excluding ortho intramolecular Hbond substituents is 1. The molecule has 92 valence electrons. The summed E-state index contributed by atoms with van der Waals surface area (Å²) < 4.78 is 0. The maximum Gasteiger partial charge on any atom is 0.308 e. The van der Waals surface area contributed by atoms with Crippen molar-refractivity contribution in [3.63, 3.8) is 0 Å². The van der Waals surface area contributed by atoms with E-state index in [0.29, 0.717) is 12.1 Å². The standard InChI is InChI=1S/C13H17NO3/c15-12-8-4-3-7-11(12)14-10-6-2-1-5-9(10)13(16)17/h3-4,7-10,14-15H,1-2,5-6H2,(H,16,17). The lowest BCUT2D eigenvalue weighted by atomic mass is 9.84. The molecule has 1 fully saturated rings. The number of anilines is 1. The van der Waals surface area contributed by atoms with Crippen LogP contribution in [0.25, 0.3) is 0 Å². The van der Waals surface area contributed by atoms with E-state index in [1.807, 2.05) is 6.07 Å². The predicted molar refractivity (Wildman–Crippen MR) is 65.1 cm³/mol. The fraction of sp³-hybridized carbons (Fsp3) is 0.462. The summed E-state index contributed by atoms with van der Waals surface area (Å²) in [5.74, 6) is -0.941. The van der Waals surface area contributed by atoms with E-state index < -0.39 is 5.97 Å². The summed E-state index contributed by atoms with van der Waals surface area (Å²) in [6.07, 6.45) is 3.55. The van der Waals surface area contributed by atoms with Crippen LogP contribution in [-0.2, 0) is 4.79 Å². The molecule has 4 nitrogen and oxygen atoms in total. The molecule has 0 heterocycles. The van der Waals surface area contributed by atoms with Crippen LogP contribution < -0.4 is 5.32 Å². The Hall–Kier alpha value is -1.71. The Kier molecular flexibility index (Phi) is 3.52. The number of hydrogen-bond acceptors (Lipinski definition) is 3. The average Bonchev–Trinajstić information content (AvgIpc) is 2.32.